The fourth-order valence-electron chi connectivity index (χ4n) is 0. The second kappa shape index (κ2) is 2930. The Kier molecular flexibility index (Phi) is 24600. The largest absolute Gasteiger partial charge is 0.442 e. The Morgan fingerprint density at radius 1 is 1.25 bits per heavy atom. The Morgan fingerprint density at radius 2 is 1.25 bits per heavy atom. The molecule has 0 aliphatic rings. The fraction of sp³-hybridized carbons (Fsp3) is 0. The summed E-state index contributed by atoms with van der Waals surface area (Å²) < 4.78 is 0. The van der Waals surface area contributed by atoms with Crippen molar-refractivity contribution in [2.75, 3.05) is 0 Å². The van der Waals surface area contributed by atoms with Gasteiger partial charge in [-0.05, 0) is 0 Å². The van der Waals surface area contributed by atoms with Crippen molar-refractivity contribution in [3.05, 3.63) is 0 Å². The summed E-state index contributed by atoms with van der Waals surface area (Å²) >= 11 is 0. The van der Waals surface area contributed by atoms with Crippen LogP contribution in [0.4, 0.5) is 4.70 Å². The molecule has 2 nitrogen and oxygen atoms in total. The van der Waals surface area contributed by atoms with E-state index < -0.39 is 0 Å². The molecule has 0 amide bonds. The summed E-state index contributed by atoms with van der Waals surface area (Å²) in [6, 6.07) is 0. The van der Waals surface area contributed by atoms with Crippen LogP contribution in [0.25, 0.3) is 0 Å². The van der Waals surface area contributed by atoms with Crippen molar-refractivity contribution in [1.29, 1.82) is 0 Å². The molecule has 4 heavy (non-hydrogen) atoms. The van der Waals surface area contributed by atoms with Crippen LogP contribution in [0.3, 0.4) is 0 Å². The third-order valence-corrected chi connectivity index (χ3v) is 0. The van der Waals surface area contributed by atoms with Gasteiger partial charge in [-0.3, -0.25) is 4.70 Å². The highest BCUT2D eigenvalue weighted by Gasteiger charge is 0.891. The van der Waals surface area contributed by atoms with Crippen molar-refractivity contribution in [2.45, 2.75) is 0 Å². The van der Waals surface area contributed by atoms with E-state index in [1.165, 1.54) is 0 Å². The van der Waals surface area contributed by atoms with Gasteiger partial charge >= 0.3 is 0 Å². The highest BCUT2D eigenvalue weighted by molar-refractivity contribution is 5.95. The molecule has 0 aliphatic carbocycles. The highest BCUT2D eigenvalue weighted by Crippen LogP contribution is 0.666. The molecule has 0 aromatic carbocycles. The predicted molar refractivity (Wildman–Crippen MR) is 19.7 cm³/mol. The van der Waals surface area contributed by atoms with Gasteiger partial charge in [-0.2, -0.15) is 0 Å². The maximum absolute atomic E-state index is 7.14. The second-order valence-electron chi connectivity index (χ2n) is 0. The van der Waals surface area contributed by atoms with Crippen LogP contribution >= 0.6 is 0 Å². The van der Waals surface area contributed by atoms with Crippen LogP contribution in [0, 0.1) is 0 Å². The zero-order valence-electron chi connectivity index (χ0n) is 2.56. The summed E-state index contributed by atoms with van der Waals surface area (Å²) in [6.07, 6.45) is 0. The molecule has 0 aliphatic heterocycles. The van der Waals surface area contributed by atoms with Crippen LogP contribution in [0.5, 0.6) is 0 Å². The monoisotopic (exact) mass is 85.0 g/mol. The average Bonchev–Trinajstić information content (AvgIpc) is 1.00. The molecule has 0 spiro atoms. The van der Waals surface area contributed by atoms with E-state index >= 15 is 0 Å². The first kappa shape index (κ1) is 33.6. The van der Waals surface area contributed by atoms with Crippen LogP contribution in [0.15, 0.2) is 0 Å². The van der Waals surface area contributed by atoms with Crippen molar-refractivity contribution in [3.8, 4) is 0 Å². The summed E-state index contributed by atoms with van der Waals surface area (Å²) in [5.41, 5.74) is 0. The summed E-state index contributed by atoms with van der Waals surface area (Å²) in [6.45, 7) is 0. The molecule has 4 heteroatoms. The van der Waals surface area contributed by atoms with Crippen molar-refractivity contribution >= 4 is 10.5 Å². The minimum atomic E-state index is 0. The first-order valence-electron chi connectivity index (χ1n) is 0.447. The fourth-order valence-corrected chi connectivity index (χ4v) is 0. The zero-order chi connectivity index (χ0) is 2.00. The predicted octanol–water partition coefficient (Wildman–Crippen LogP) is -1.43. The lowest BCUT2D eigenvalue weighted by molar-refractivity contribution is 0.629. The van der Waals surface area contributed by atoms with E-state index in [1.807, 2.05) is 0 Å². The van der Waals surface area contributed by atoms with Crippen LogP contribution in [0.1, 0.15) is 0 Å². The molecule has 30 valence electrons. The normalized spacial score (nSPS) is 2.25. The van der Waals surface area contributed by atoms with Gasteiger partial charge in [0.2, 0.25) is 0 Å². The molecule has 0 rings (SSSR count). The third-order valence-electron chi connectivity index (χ3n) is 0. The minimum Gasteiger partial charge on any atom is -0.442 e. The number of hydrogen-bond donors (Lipinski definition) is 2. The Balaban J connectivity index is -0.00000000500. The van der Waals surface area contributed by atoms with Gasteiger partial charge in [-0.25, -0.2) is 0 Å². The number of hydrogen-bond acceptors (Lipinski definition) is 2. The second-order valence-corrected chi connectivity index (χ2v) is 0. The van der Waals surface area contributed by atoms with Crippen molar-refractivity contribution in [3.63, 3.8) is 0 Å². The Hall–Kier alpha value is 0.0669. The van der Waals surface area contributed by atoms with E-state index in [2.05, 4.69) is 0 Å². The highest BCUT2D eigenvalue weighted by atomic mass is 28.2. The first-order chi connectivity index (χ1) is 1.00. The summed E-state index contributed by atoms with van der Waals surface area (Å²) in [7, 11) is 0.306. The van der Waals surface area contributed by atoms with Crippen molar-refractivity contribution in [2.24, 2.45) is 0 Å². The topological polar surface area (TPSA) is 55.2 Å². The average molecular weight is 85.2 g/mol. The molecule has 0 bridgehead atoms. The van der Waals surface area contributed by atoms with Gasteiger partial charge in [-0.15, -0.1) is 0 Å². The van der Waals surface area contributed by atoms with Gasteiger partial charge in [-0.1, -0.05) is 0 Å². The molecule has 0 unspecified atom stereocenters. The lowest BCUT2D eigenvalue weighted by Gasteiger charge is -1.19. The van der Waals surface area contributed by atoms with Gasteiger partial charge in [0.15, 0.2) is 0 Å². The number of halogens is 1. The SMILES string of the molecule is F.N.O[SiH3]. The smallest absolute Gasteiger partial charge is 0.141 e. The molecular formula is H8FNOSi. The van der Waals surface area contributed by atoms with Gasteiger partial charge in [0.1, 0.15) is 10.5 Å². The van der Waals surface area contributed by atoms with E-state index in [0.29, 0.717) is 10.5 Å². The van der Waals surface area contributed by atoms with E-state index in [4.69, 9.17) is 4.80 Å². The van der Waals surface area contributed by atoms with Crippen LogP contribution in [0.2, 0.25) is 0 Å². The quantitative estimate of drug-likeness (QED) is 0.354. The molecule has 0 fully saturated rings. The summed E-state index contributed by atoms with van der Waals surface area (Å²) in [5.74, 6) is 0. The number of rotatable bonds is 0. The van der Waals surface area contributed by atoms with Gasteiger partial charge in [0, 0.05) is 0 Å². The Labute approximate surface area is 27.3 Å². The molecule has 0 aromatic heterocycles. The molecule has 0 saturated carbocycles. The lowest BCUT2D eigenvalue weighted by Crippen LogP contribution is -1.34. The maximum atomic E-state index is 7.14. The third kappa shape index (κ3) is 526. The summed E-state index contributed by atoms with van der Waals surface area (Å²) in [4.78, 5) is 7.14. The van der Waals surface area contributed by atoms with E-state index in [9.17, 15) is 0 Å². The molecule has 0 radical (unpaired) electrons. The van der Waals surface area contributed by atoms with Crippen molar-refractivity contribution in [1.82, 2.24) is 6.15 Å². The standard InChI is InChI=1S/FH.H3N.H4OSi/c;;1-2/h1H;1H3;1H,2H3. The van der Waals surface area contributed by atoms with E-state index in [-0.39, 0.29) is 10.9 Å². The van der Waals surface area contributed by atoms with Crippen molar-refractivity contribution < 1.29 is 9.50 Å². The van der Waals surface area contributed by atoms with E-state index in [1.54, 1.807) is 0 Å². The lowest BCUT2D eigenvalue weighted by atomic mass is 14.0. The minimum absolute atomic E-state index is 0. The van der Waals surface area contributed by atoms with Crippen LogP contribution in [-0.4, -0.2) is 15.3 Å². The van der Waals surface area contributed by atoms with Crippen LogP contribution < -0.4 is 6.15 Å². The summed E-state index contributed by atoms with van der Waals surface area (Å²) in [5, 5.41) is 0. The van der Waals surface area contributed by atoms with E-state index in [0.717, 1.165) is 0 Å². The van der Waals surface area contributed by atoms with Gasteiger partial charge in [0.05, 0.1) is 0 Å². The van der Waals surface area contributed by atoms with Gasteiger partial charge in [0.25, 0.3) is 0 Å². The molecule has 0 heterocycles. The van der Waals surface area contributed by atoms with Gasteiger partial charge < -0.3 is 10.9 Å². The zero-order valence-corrected chi connectivity index (χ0v) is 4.56. The first-order valence-corrected chi connectivity index (χ1v) is 1.34. The van der Waals surface area contributed by atoms with Crippen LogP contribution in [-0.2, 0) is 0 Å². The maximum Gasteiger partial charge on any atom is 0.141 e. The Bertz CT molecular complexity index is 8.00. The molecule has 0 atom stereocenters. The Morgan fingerprint density at radius 3 is 1.25 bits per heavy atom. The molecule has 4 N–H and O–H groups in total. The molecular weight excluding hydrogens is 77.1 g/mol. The molecule has 0 saturated heterocycles. The molecule has 0 aromatic rings.